The first-order valence-corrected chi connectivity index (χ1v) is 7.38. The molecule has 3 aromatic rings. The number of nitrogens with two attached hydrogens (primary N) is 1. The summed E-state index contributed by atoms with van der Waals surface area (Å²) in [6.07, 6.45) is 0. The molecule has 0 aliphatic rings. The van der Waals surface area contributed by atoms with Gasteiger partial charge in [-0.2, -0.15) is 0 Å². The highest BCUT2D eigenvalue weighted by atomic mass is 35.5. The predicted molar refractivity (Wildman–Crippen MR) is 90.8 cm³/mol. The molecule has 3 N–H and O–H groups in total. The minimum absolute atomic E-state index is 0.146. The summed E-state index contributed by atoms with van der Waals surface area (Å²) in [7, 11) is 0. The van der Waals surface area contributed by atoms with E-state index < -0.39 is 5.91 Å². The van der Waals surface area contributed by atoms with Crippen molar-refractivity contribution in [2.45, 2.75) is 0 Å². The number of nitrogens with one attached hydrogen (secondary N) is 1. The topological polar surface area (TPSA) is 81.1 Å². The SMILES string of the molecule is Nc1c(Cl)cc(NC(=O)c2cc(-c3ccccc3)on2)cc1Cl. The Hall–Kier alpha value is -2.50. The number of carbonyl (C=O) groups is 1. The summed E-state index contributed by atoms with van der Waals surface area (Å²) in [5.41, 5.74) is 7.32. The molecule has 0 aliphatic carbocycles. The van der Waals surface area contributed by atoms with Crippen molar-refractivity contribution >= 4 is 40.5 Å². The largest absolute Gasteiger partial charge is 0.396 e. The van der Waals surface area contributed by atoms with E-state index >= 15 is 0 Å². The summed E-state index contributed by atoms with van der Waals surface area (Å²) < 4.78 is 5.19. The number of nitrogen functional groups attached to an aromatic ring is 1. The summed E-state index contributed by atoms with van der Waals surface area (Å²) in [6, 6.07) is 13.9. The molecule has 0 unspecified atom stereocenters. The molecule has 1 heterocycles. The molecule has 7 heteroatoms. The zero-order valence-corrected chi connectivity index (χ0v) is 13.2. The van der Waals surface area contributed by atoms with E-state index in [1.807, 2.05) is 30.3 Å². The van der Waals surface area contributed by atoms with Crippen molar-refractivity contribution in [3.8, 4) is 11.3 Å². The van der Waals surface area contributed by atoms with Crippen LogP contribution in [0.1, 0.15) is 10.5 Å². The third kappa shape index (κ3) is 3.31. The molecule has 1 amide bonds. The van der Waals surface area contributed by atoms with Crippen LogP contribution in [0.15, 0.2) is 53.1 Å². The summed E-state index contributed by atoms with van der Waals surface area (Å²) in [6.45, 7) is 0. The van der Waals surface area contributed by atoms with Crippen LogP contribution < -0.4 is 11.1 Å². The van der Waals surface area contributed by atoms with Gasteiger partial charge >= 0.3 is 0 Å². The first kappa shape index (κ1) is 15.4. The monoisotopic (exact) mass is 347 g/mol. The fraction of sp³-hybridized carbons (Fsp3) is 0. The van der Waals surface area contributed by atoms with Crippen LogP contribution in [0.2, 0.25) is 10.0 Å². The van der Waals surface area contributed by atoms with Crippen LogP contribution in [0.5, 0.6) is 0 Å². The number of aromatic nitrogens is 1. The highest BCUT2D eigenvalue weighted by Gasteiger charge is 2.15. The van der Waals surface area contributed by atoms with Crippen molar-refractivity contribution in [1.82, 2.24) is 5.16 Å². The van der Waals surface area contributed by atoms with Crippen LogP contribution in [-0.2, 0) is 0 Å². The number of anilines is 2. The third-order valence-electron chi connectivity index (χ3n) is 3.14. The quantitative estimate of drug-likeness (QED) is 0.684. The molecule has 0 bridgehead atoms. The highest BCUT2D eigenvalue weighted by molar-refractivity contribution is 6.39. The number of carbonyl (C=O) groups excluding carboxylic acids is 1. The Labute approximate surface area is 142 Å². The molecule has 5 nitrogen and oxygen atoms in total. The number of halogens is 2. The Morgan fingerprint density at radius 2 is 1.74 bits per heavy atom. The number of rotatable bonds is 3. The Balaban J connectivity index is 1.81. The highest BCUT2D eigenvalue weighted by Crippen LogP contribution is 2.31. The van der Waals surface area contributed by atoms with E-state index in [-0.39, 0.29) is 21.4 Å². The Morgan fingerprint density at radius 3 is 2.39 bits per heavy atom. The van der Waals surface area contributed by atoms with Gasteiger partial charge in [0.1, 0.15) is 0 Å². The van der Waals surface area contributed by atoms with Gasteiger partial charge in [0.2, 0.25) is 0 Å². The second-order valence-electron chi connectivity index (χ2n) is 4.75. The van der Waals surface area contributed by atoms with E-state index in [0.717, 1.165) is 5.56 Å². The maximum atomic E-state index is 12.2. The molecule has 0 spiro atoms. The second-order valence-corrected chi connectivity index (χ2v) is 5.56. The van der Waals surface area contributed by atoms with Crippen molar-refractivity contribution in [2.24, 2.45) is 0 Å². The van der Waals surface area contributed by atoms with Crippen molar-refractivity contribution in [2.75, 3.05) is 11.1 Å². The number of nitrogens with zero attached hydrogens (tertiary/aromatic N) is 1. The minimum atomic E-state index is -0.437. The van der Waals surface area contributed by atoms with Gasteiger partial charge in [-0.15, -0.1) is 0 Å². The van der Waals surface area contributed by atoms with E-state index in [1.54, 1.807) is 6.07 Å². The lowest BCUT2D eigenvalue weighted by Gasteiger charge is -2.06. The fourth-order valence-electron chi connectivity index (χ4n) is 1.97. The molecule has 0 fully saturated rings. The lowest BCUT2D eigenvalue weighted by molar-refractivity contribution is 0.101. The van der Waals surface area contributed by atoms with Gasteiger partial charge in [-0.1, -0.05) is 58.7 Å². The summed E-state index contributed by atoms with van der Waals surface area (Å²) in [4.78, 5) is 12.2. The first-order chi connectivity index (χ1) is 11.0. The van der Waals surface area contributed by atoms with Crippen LogP contribution >= 0.6 is 23.2 Å². The molecule has 3 rings (SSSR count). The van der Waals surface area contributed by atoms with Gasteiger partial charge in [0.05, 0.1) is 15.7 Å². The van der Waals surface area contributed by atoms with Crippen LogP contribution in [-0.4, -0.2) is 11.1 Å². The van der Waals surface area contributed by atoms with Crippen LogP contribution in [0.25, 0.3) is 11.3 Å². The summed E-state index contributed by atoms with van der Waals surface area (Å²) >= 11 is 11.9. The first-order valence-electron chi connectivity index (χ1n) is 6.62. The van der Waals surface area contributed by atoms with Crippen LogP contribution in [0.3, 0.4) is 0 Å². The van der Waals surface area contributed by atoms with E-state index in [1.165, 1.54) is 12.1 Å². The normalized spacial score (nSPS) is 10.5. The van der Waals surface area contributed by atoms with E-state index in [9.17, 15) is 4.79 Å². The van der Waals surface area contributed by atoms with Gasteiger partial charge in [-0.05, 0) is 12.1 Å². The van der Waals surface area contributed by atoms with Gasteiger partial charge < -0.3 is 15.6 Å². The smallest absolute Gasteiger partial charge is 0.277 e. The molecule has 0 saturated carbocycles. The van der Waals surface area contributed by atoms with E-state index in [4.69, 9.17) is 33.5 Å². The summed E-state index contributed by atoms with van der Waals surface area (Å²) in [5, 5.41) is 6.94. The second kappa shape index (κ2) is 6.32. The van der Waals surface area contributed by atoms with Crippen molar-refractivity contribution < 1.29 is 9.32 Å². The molecule has 0 saturated heterocycles. The van der Waals surface area contributed by atoms with Crippen LogP contribution in [0, 0.1) is 0 Å². The lowest BCUT2D eigenvalue weighted by Crippen LogP contribution is -2.12. The van der Waals surface area contributed by atoms with Gasteiger partial charge in [-0.3, -0.25) is 4.79 Å². The number of hydrogen-bond acceptors (Lipinski definition) is 4. The fourth-order valence-corrected chi connectivity index (χ4v) is 2.46. The van der Waals surface area contributed by atoms with Gasteiger partial charge in [-0.25, -0.2) is 0 Å². The molecule has 23 heavy (non-hydrogen) atoms. The molecular formula is C16H11Cl2N3O2. The van der Waals surface area contributed by atoms with Gasteiger partial charge in [0, 0.05) is 17.3 Å². The zero-order valence-electron chi connectivity index (χ0n) is 11.7. The zero-order chi connectivity index (χ0) is 16.4. The van der Waals surface area contributed by atoms with Crippen molar-refractivity contribution in [3.63, 3.8) is 0 Å². The third-order valence-corrected chi connectivity index (χ3v) is 3.76. The van der Waals surface area contributed by atoms with Gasteiger partial charge in [0.15, 0.2) is 11.5 Å². The Morgan fingerprint density at radius 1 is 1.09 bits per heavy atom. The summed E-state index contributed by atoms with van der Waals surface area (Å²) in [5.74, 6) is 0.0666. The predicted octanol–water partition coefficient (Wildman–Crippen LogP) is 4.48. The molecule has 0 radical (unpaired) electrons. The number of benzene rings is 2. The standard InChI is InChI=1S/C16H11Cl2N3O2/c17-11-6-10(7-12(18)15(11)19)20-16(22)13-8-14(23-21-13)9-4-2-1-3-5-9/h1-8H,19H2,(H,20,22). The lowest BCUT2D eigenvalue weighted by atomic mass is 10.1. The van der Waals surface area contributed by atoms with Crippen LogP contribution in [0.4, 0.5) is 11.4 Å². The molecule has 116 valence electrons. The van der Waals surface area contributed by atoms with E-state index in [0.29, 0.717) is 11.4 Å². The average Bonchev–Trinajstić information content (AvgIpc) is 3.03. The Kier molecular flexibility index (Phi) is 4.23. The van der Waals surface area contributed by atoms with Gasteiger partial charge in [0.25, 0.3) is 5.91 Å². The maximum Gasteiger partial charge on any atom is 0.277 e. The molecule has 2 aromatic carbocycles. The minimum Gasteiger partial charge on any atom is -0.396 e. The molecule has 0 atom stereocenters. The number of amides is 1. The molecular weight excluding hydrogens is 337 g/mol. The number of hydrogen-bond donors (Lipinski definition) is 2. The van der Waals surface area contributed by atoms with Crippen molar-refractivity contribution in [3.05, 3.63) is 64.3 Å². The maximum absolute atomic E-state index is 12.2. The van der Waals surface area contributed by atoms with E-state index in [2.05, 4.69) is 10.5 Å². The molecule has 0 aliphatic heterocycles. The Bertz CT molecular complexity index is 840. The van der Waals surface area contributed by atoms with Crippen molar-refractivity contribution in [1.29, 1.82) is 0 Å². The average molecular weight is 348 g/mol. The molecule has 1 aromatic heterocycles.